The Bertz CT molecular complexity index is 647. The van der Waals surface area contributed by atoms with Crippen molar-refractivity contribution in [2.75, 3.05) is 11.5 Å². The van der Waals surface area contributed by atoms with Crippen LogP contribution >= 0.6 is 11.8 Å². The van der Waals surface area contributed by atoms with E-state index in [1.807, 2.05) is 6.07 Å². The third-order valence-corrected chi connectivity index (χ3v) is 6.34. The van der Waals surface area contributed by atoms with E-state index >= 15 is 0 Å². The molecule has 0 heterocycles. The van der Waals surface area contributed by atoms with Gasteiger partial charge in [-0.15, -0.1) is 11.8 Å². The lowest BCUT2D eigenvalue weighted by atomic mass is 10.1. The highest BCUT2D eigenvalue weighted by Gasteiger charge is 2.23. The number of benzene rings is 1. The van der Waals surface area contributed by atoms with Gasteiger partial charge in [-0.2, -0.15) is 5.26 Å². The van der Waals surface area contributed by atoms with Crippen LogP contribution in [0.3, 0.4) is 0 Å². The summed E-state index contributed by atoms with van der Waals surface area (Å²) in [6.45, 7) is 3.58. The molecule has 0 bridgehead atoms. The van der Waals surface area contributed by atoms with Gasteiger partial charge in [0.2, 0.25) is 0 Å². The van der Waals surface area contributed by atoms with Gasteiger partial charge in [-0.3, -0.25) is 4.79 Å². The fraction of sp³-hybridized carbons (Fsp3) is 0.429. The molecule has 1 rings (SSSR count). The first kappa shape index (κ1) is 17.5. The Morgan fingerprint density at radius 1 is 1.43 bits per heavy atom. The number of thioether (sulfide) groups is 1. The smallest absolute Gasteiger partial charge is 0.316 e. The first-order chi connectivity index (χ1) is 9.77. The van der Waals surface area contributed by atoms with Crippen molar-refractivity contribution < 1.29 is 18.3 Å². The number of carboxylic acid groups (broad SMARTS) is 1. The van der Waals surface area contributed by atoms with Gasteiger partial charge in [-0.25, -0.2) is 8.42 Å². The highest BCUT2D eigenvalue weighted by atomic mass is 32.2. The molecule has 21 heavy (non-hydrogen) atoms. The van der Waals surface area contributed by atoms with E-state index in [4.69, 9.17) is 10.4 Å². The van der Waals surface area contributed by atoms with Crippen molar-refractivity contribution in [3.05, 3.63) is 29.8 Å². The number of nitriles is 1. The SMILES string of the molecule is CC(C)C(SCCS(=O)(=O)c1cccc(C#N)c1)C(=O)O. The highest BCUT2D eigenvalue weighted by molar-refractivity contribution is 8.01. The van der Waals surface area contributed by atoms with Crippen molar-refractivity contribution in [1.29, 1.82) is 5.26 Å². The van der Waals surface area contributed by atoms with Crippen LogP contribution in [0.5, 0.6) is 0 Å². The quantitative estimate of drug-likeness (QED) is 0.824. The Hall–Kier alpha value is -1.52. The van der Waals surface area contributed by atoms with E-state index in [1.54, 1.807) is 13.8 Å². The average Bonchev–Trinajstić information content (AvgIpc) is 2.42. The molecule has 0 saturated heterocycles. The van der Waals surface area contributed by atoms with Gasteiger partial charge < -0.3 is 5.11 Å². The van der Waals surface area contributed by atoms with Crippen LogP contribution in [0.2, 0.25) is 0 Å². The fourth-order valence-electron chi connectivity index (χ4n) is 1.71. The van der Waals surface area contributed by atoms with Crippen LogP contribution in [0.15, 0.2) is 29.2 Å². The summed E-state index contributed by atoms with van der Waals surface area (Å²) in [4.78, 5) is 11.1. The standard InChI is InChI=1S/C14H17NO4S2/c1-10(2)13(14(16)17)20-6-7-21(18,19)12-5-3-4-11(8-12)9-15/h3-5,8,10,13H,6-7H2,1-2H3,(H,16,17). The Morgan fingerprint density at radius 2 is 2.10 bits per heavy atom. The molecule has 0 radical (unpaired) electrons. The van der Waals surface area contributed by atoms with Crippen molar-refractivity contribution in [3.63, 3.8) is 0 Å². The fourth-order valence-corrected chi connectivity index (χ4v) is 4.58. The van der Waals surface area contributed by atoms with Crippen LogP contribution in [-0.4, -0.2) is 36.2 Å². The van der Waals surface area contributed by atoms with E-state index in [1.165, 1.54) is 24.3 Å². The summed E-state index contributed by atoms with van der Waals surface area (Å²) < 4.78 is 24.3. The molecule has 7 heteroatoms. The molecule has 114 valence electrons. The molecule has 5 nitrogen and oxygen atoms in total. The van der Waals surface area contributed by atoms with E-state index < -0.39 is 21.1 Å². The number of sulfone groups is 1. The summed E-state index contributed by atoms with van der Waals surface area (Å²) in [7, 11) is -3.50. The number of nitrogens with zero attached hydrogens (tertiary/aromatic N) is 1. The van der Waals surface area contributed by atoms with E-state index in [0.717, 1.165) is 11.8 Å². The minimum atomic E-state index is -3.50. The third kappa shape index (κ3) is 5.06. The van der Waals surface area contributed by atoms with Gasteiger partial charge in [0.1, 0.15) is 5.25 Å². The Kier molecular flexibility index (Phi) is 6.24. The lowest BCUT2D eigenvalue weighted by molar-refractivity contribution is -0.137. The molecule has 0 spiro atoms. The van der Waals surface area contributed by atoms with Crippen LogP contribution in [0.1, 0.15) is 19.4 Å². The summed E-state index contributed by atoms with van der Waals surface area (Å²) >= 11 is 1.13. The van der Waals surface area contributed by atoms with Gasteiger partial charge in [0.25, 0.3) is 0 Å². The summed E-state index contributed by atoms with van der Waals surface area (Å²) in [5, 5.41) is 17.2. The van der Waals surface area contributed by atoms with E-state index in [-0.39, 0.29) is 27.9 Å². The number of rotatable bonds is 7. The van der Waals surface area contributed by atoms with Crippen molar-refractivity contribution in [2.45, 2.75) is 24.0 Å². The zero-order valence-electron chi connectivity index (χ0n) is 11.8. The molecule has 0 aliphatic heterocycles. The Morgan fingerprint density at radius 3 is 2.62 bits per heavy atom. The van der Waals surface area contributed by atoms with Crippen molar-refractivity contribution in [2.24, 2.45) is 5.92 Å². The minimum Gasteiger partial charge on any atom is -0.480 e. The zero-order chi connectivity index (χ0) is 16.0. The summed E-state index contributed by atoms with van der Waals surface area (Å²) in [5.41, 5.74) is 0.286. The van der Waals surface area contributed by atoms with Crippen molar-refractivity contribution >= 4 is 27.6 Å². The molecule has 0 aromatic heterocycles. The van der Waals surface area contributed by atoms with Gasteiger partial charge in [-0.05, 0) is 24.1 Å². The second kappa shape index (κ2) is 7.48. The van der Waals surface area contributed by atoms with Crippen LogP contribution in [0.4, 0.5) is 0 Å². The summed E-state index contributed by atoms with van der Waals surface area (Å²) in [5.74, 6) is -0.951. The zero-order valence-corrected chi connectivity index (χ0v) is 13.4. The normalized spacial score (nSPS) is 12.9. The predicted octanol–water partition coefficient (Wildman–Crippen LogP) is 2.17. The number of carbonyl (C=O) groups is 1. The molecule has 1 aromatic rings. The molecule has 0 aliphatic carbocycles. The number of hydrogen-bond acceptors (Lipinski definition) is 5. The Labute approximate surface area is 128 Å². The van der Waals surface area contributed by atoms with Gasteiger partial charge in [0.05, 0.1) is 22.3 Å². The molecular weight excluding hydrogens is 310 g/mol. The van der Waals surface area contributed by atoms with Gasteiger partial charge in [0, 0.05) is 5.75 Å². The second-order valence-corrected chi connectivity index (χ2v) is 8.19. The lowest BCUT2D eigenvalue weighted by Crippen LogP contribution is -2.24. The molecule has 0 fully saturated rings. The van der Waals surface area contributed by atoms with Crippen LogP contribution in [-0.2, 0) is 14.6 Å². The molecule has 0 aliphatic rings. The number of aliphatic carboxylic acids is 1. The molecule has 0 amide bonds. The predicted molar refractivity (Wildman–Crippen MR) is 81.9 cm³/mol. The van der Waals surface area contributed by atoms with Crippen LogP contribution in [0, 0.1) is 17.2 Å². The minimum absolute atomic E-state index is 0.0721. The lowest BCUT2D eigenvalue weighted by Gasteiger charge is -2.15. The molecule has 1 aromatic carbocycles. The molecule has 1 unspecified atom stereocenters. The first-order valence-electron chi connectivity index (χ1n) is 6.35. The third-order valence-electron chi connectivity index (χ3n) is 2.82. The second-order valence-electron chi connectivity index (χ2n) is 4.83. The van der Waals surface area contributed by atoms with Gasteiger partial charge in [0.15, 0.2) is 9.84 Å². The van der Waals surface area contributed by atoms with Crippen LogP contribution in [0.25, 0.3) is 0 Å². The van der Waals surface area contributed by atoms with Gasteiger partial charge in [-0.1, -0.05) is 19.9 Å². The monoisotopic (exact) mass is 327 g/mol. The van der Waals surface area contributed by atoms with E-state index in [2.05, 4.69) is 0 Å². The topological polar surface area (TPSA) is 95.2 Å². The van der Waals surface area contributed by atoms with E-state index in [9.17, 15) is 13.2 Å². The maximum atomic E-state index is 12.2. The van der Waals surface area contributed by atoms with Crippen LogP contribution < -0.4 is 0 Å². The first-order valence-corrected chi connectivity index (χ1v) is 9.05. The molecule has 1 N–H and O–H groups in total. The highest BCUT2D eigenvalue weighted by Crippen LogP contribution is 2.21. The average molecular weight is 327 g/mol. The van der Waals surface area contributed by atoms with Crippen molar-refractivity contribution in [1.82, 2.24) is 0 Å². The maximum absolute atomic E-state index is 12.2. The maximum Gasteiger partial charge on any atom is 0.316 e. The summed E-state index contributed by atoms with van der Waals surface area (Å²) in [6, 6.07) is 7.72. The molecule has 1 atom stereocenters. The van der Waals surface area contributed by atoms with Gasteiger partial charge >= 0.3 is 5.97 Å². The Balaban J connectivity index is 2.73. The number of hydrogen-bond donors (Lipinski definition) is 1. The molecule has 0 saturated carbocycles. The van der Waals surface area contributed by atoms with E-state index in [0.29, 0.717) is 0 Å². The molecular formula is C14H17NO4S2. The van der Waals surface area contributed by atoms with Crippen molar-refractivity contribution in [3.8, 4) is 6.07 Å². The number of carboxylic acids is 1. The summed E-state index contributed by atoms with van der Waals surface area (Å²) in [6.07, 6.45) is 0. The largest absolute Gasteiger partial charge is 0.480 e.